The number of benzene rings is 3. The van der Waals surface area contributed by atoms with E-state index >= 15 is 0 Å². The van der Waals surface area contributed by atoms with Gasteiger partial charge < -0.3 is 9.80 Å². The highest BCUT2D eigenvalue weighted by Gasteiger charge is 2.28. The van der Waals surface area contributed by atoms with Gasteiger partial charge >= 0.3 is 0 Å². The van der Waals surface area contributed by atoms with Crippen LogP contribution in [0.1, 0.15) is 33.3 Å². The highest BCUT2D eigenvalue weighted by Crippen LogP contribution is 2.22. The fourth-order valence-electron chi connectivity index (χ4n) is 4.55. The average Bonchev–Trinajstić information content (AvgIpc) is 3.32. The first kappa shape index (κ1) is 20.9. The van der Waals surface area contributed by atoms with Gasteiger partial charge in [0.1, 0.15) is 0 Å². The number of carbonyl (C=O) groups is 2. The molecule has 0 spiro atoms. The summed E-state index contributed by atoms with van der Waals surface area (Å²) in [5.74, 6) is -0.00339. The summed E-state index contributed by atoms with van der Waals surface area (Å²) in [5, 5.41) is 6.51. The SMILES string of the molecule is CCc1c(C(=O)N2CCN(C(=O)c3cccc4ccccc34)CC2)cnn1-c1ccccc1. The summed E-state index contributed by atoms with van der Waals surface area (Å²) in [6, 6.07) is 23.6. The smallest absolute Gasteiger partial charge is 0.257 e. The highest BCUT2D eigenvalue weighted by molar-refractivity contribution is 6.07. The predicted octanol–water partition coefficient (Wildman–Crippen LogP) is 4.19. The summed E-state index contributed by atoms with van der Waals surface area (Å²) in [6.45, 7) is 4.09. The van der Waals surface area contributed by atoms with Crippen LogP contribution in [-0.4, -0.2) is 57.6 Å². The molecule has 1 aliphatic rings. The zero-order chi connectivity index (χ0) is 22.8. The van der Waals surface area contributed by atoms with E-state index in [0.29, 0.717) is 43.7 Å². The Kier molecular flexibility index (Phi) is 5.65. The first-order valence-electron chi connectivity index (χ1n) is 11.4. The average molecular weight is 439 g/mol. The first-order chi connectivity index (χ1) is 16.2. The molecule has 4 aromatic rings. The predicted molar refractivity (Wildman–Crippen MR) is 129 cm³/mol. The van der Waals surface area contributed by atoms with E-state index < -0.39 is 0 Å². The lowest BCUT2D eigenvalue weighted by molar-refractivity contribution is 0.0536. The molecular weight excluding hydrogens is 412 g/mol. The first-order valence-corrected chi connectivity index (χ1v) is 11.4. The molecule has 2 heterocycles. The van der Waals surface area contributed by atoms with Gasteiger partial charge in [-0.3, -0.25) is 9.59 Å². The van der Waals surface area contributed by atoms with Crippen molar-refractivity contribution in [3.8, 4) is 5.69 Å². The van der Waals surface area contributed by atoms with Crippen LogP contribution in [0, 0.1) is 0 Å². The van der Waals surface area contributed by atoms with Gasteiger partial charge in [-0.1, -0.05) is 61.5 Å². The number of nitrogens with zero attached hydrogens (tertiary/aromatic N) is 4. The van der Waals surface area contributed by atoms with Crippen molar-refractivity contribution in [3.63, 3.8) is 0 Å². The van der Waals surface area contributed by atoms with Crippen molar-refractivity contribution in [3.05, 3.63) is 95.8 Å². The highest BCUT2D eigenvalue weighted by atomic mass is 16.2. The van der Waals surface area contributed by atoms with Gasteiger partial charge in [-0.25, -0.2) is 4.68 Å². The van der Waals surface area contributed by atoms with Crippen LogP contribution in [0.3, 0.4) is 0 Å². The Morgan fingerprint density at radius 1 is 0.758 bits per heavy atom. The summed E-state index contributed by atoms with van der Waals surface area (Å²) in [6.07, 6.45) is 2.37. The molecule has 0 aliphatic carbocycles. The van der Waals surface area contributed by atoms with E-state index in [4.69, 9.17) is 0 Å². The minimum Gasteiger partial charge on any atom is -0.335 e. The van der Waals surface area contributed by atoms with Crippen LogP contribution in [0.5, 0.6) is 0 Å². The lowest BCUT2D eigenvalue weighted by Gasteiger charge is -2.35. The second-order valence-electron chi connectivity index (χ2n) is 8.22. The van der Waals surface area contributed by atoms with Gasteiger partial charge in [0, 0.05) is 31.7 Å². The zero-order valence-corrected chi connectivity index (χ0v) is 18.6. The Labute approximate surface area is 193 Å². The number of carbonyl (C=O) groups excluding carboxylic acids is 2. The Hall–Kier alpha value is -3.93. The van der Waals surface area contributed by atoms with Crippen molar-refractivity contribution in [2.24, 2.45) is 0 Å². The molecule has 0 atom stereocenters. The number of hydrogen-bond acceptors (Lipinski definition) is 3. The van der Waals surface area contributed by atoms with E-state index in [-0.39, 0.29) is 11.8 Å². The zero-order valence-electron chi connectivity index (χ0n) is 18.6. The molecule has 0 N–H and O–H groups in total. The fourth-order valence-corrected chi connectivity index (χ4v) is 4.55. The quantitative estimate of drug-likeness (QED) is 0.480. The standard InChI is InChI=1S/C27H26N4O2/c1-2-25-24(19-28-31(25)21-11-4-3-5-12-21)27(33)30-17-15-29(16-18-30)26(32)23-14-8-10-20-9-6-7-13-22(20)23/h3-14,19H,2,15-18H2,1H3. The maximum atomic E-state index is 13.3. The fraction of sp³-hybridized carbons (Fsp3) is 0.222. The number of para-hydroxylation sites is 1. The molecule has 0 radical (unpaired) electrons. The molecule has 1 aliphatic heterocycles. The third-order valence-electron chi connectivity index (χ3n) is 6.31. The van der Waals surface area contributed by atoms with Crippen molar-refractivity contribution in [2.45, 2.75) is 13.3 Å². The van der Waals surface area contributed by atoms with Gasteiger partial charge in [-0.2, -0.15) is 5.10 Å². The van der Waals surface area contributed by atoms with E-state index in [0.717, 1.165) is 22.2 Å². The maximum absolute atomic E-state index is 13.3. The second kappa shape index (κ2) is 8.90. The minimum atomic E-state index is -0.0220. The van der Waals surface area contributed by atoms with E-state index in [2.05, 4.69) is 5.10 Å². The Morgan fingerprint density at radius 3 is 2.06 bits per heavy atom. The van der Waals surface area contributed by atoms with Gasteiger partial charge in [0.2, 0.25) is 0 Å². The maximum Gasteiger partial charge on any atom is 0.257 e. The number of fused-ring (bicyclic) bond motifs is 1. The van der Waals surface area contributed by atoms with Crippen LogP contribution < -0.4 is 0 Å². The summed E-state index contributed by atoms with van der Waals surface area (Å²) >= 11 is 0. The van der Waals surface area contributed by atoms with Crippen molar-refractivity contribution in [1.82, 2.24) is 19.6 Å². The number of piperazine rings is 1. The number of aromatic nitrogens is 2. The molecule has 6 nitrogen and oxygen atoms in total. The molecule has 6 heteroatoms. The number of amides is 2. The van der Waals surface area contributed by atoms with Crippen LogP contribution in [0.4, 0.5) is 0 Å². The van der Waals surface area contributed by atoms with Gasteiger partial charge in [-0.05, 0) is 35.4 Å². The van der Waals surface area contributed by atoms with Crippen LogP contribution in [0.25, 0.3) is 16.5 Å². The molecule has 1 saturated heterocycles. The third kappa shape index (κ3) is 3.89. The lowest BCUT2D eigenvalue weighted by Crippen LogP contribution is -2.50. The topological polar surface area (TPSA) is 58.4 Å². The Bertz CT molecular complexity index is 1300. The van der Waals surface area contributed by atoms with Crippen LogP contribution >= 0.6 is 0 Å². The molecule has 2 amide bonds. The van der Waals surface area contributed by atoms with Crippen molar-refractivity contribution < 1.29 is 9.59 Å². The van der Waals surface area contributed by atoms with Gasteiger partial charge in [0.05, 0.1) is 23.1 Å². The largest absolute Gasteiger partial charge is 0.335 e. The number of rotatable bonds is 4. The molecule has 166 valence electrons. The summed E-state index contributed by atoms with van der Waals surface area (Å²) in [4.78, 5) is 30.2. The summed E-state index contributed by atoms with van der Waals surface area (Å²) in [5.41, 5.74) is 3.19. The van der Waals surface area contributed by atoms with E-state index in [1.165, 1.54) is 0 Å². The van der Waals surface area contributed by atoms with Gasteiger partial charge in [-0.15, -0.1) is 0 Å². The van der Waals surface area contributed by atoms with Crippen LogP contribution in [0.2, 0.25) is 0 Å². The van der Waals surface area contributed by atoms with Crippen molar-refractivity contribution >= 4 is 22.6 Å². The normalized spacial score (nSPS) is 14.0. The molecular formula is C27H26N4O2. The third-order valence-corrected chi connectivity index (χ3v) is 6.31. The Morgan fingerprint density at radius 2 is 1.36 bits per heavy atom. The lowest BCUT2D eigenvalue weighted by atomic mass is 10.0. The molecule has 0 bridgehead atoms. The van der Waals surface area contributed by atoms with Crippen LogP contribution in [-0.2, 0) is 6.42 Å². The summed E-state index contributed by atoms with van der Waals surface area (Å²) in [7, 11) is 0. The van der Waals surface area contributed by atoms with E-state index in [1.807, 2.05) is 94.2 Å². The molecule has 0 saturated carbocycles. The second-order valence-corrected chi connectivity index (χ2v) is 8.22. The number of hydrogen-bond donors (Lipinski definition) is 0. The molecule has 1 fully saturated rings. The van der Waals surface area contributed by atoms with Crippen molar-refractivity contribution in [1.29, 1.82) is 0 Å². The summed E-state index contributed by atoms with van der Waals surface area (Å²) < 4.78 is 1.84. The van der Waals surface area contributed by atoms with E-state index in [1.54, 1.807) is 6.20 Å². The molecule has 0 unspecified atom stereocenters. The molecule has 33 heavy (non-hydrogen) atoms. The monoisotopic (exact) mass is 438 g/mol. The van der Waals surface area contributed by atoms with Crippen LogP contribution in [0.15, 0.2) is 79.0 Å². The molecule has 5 rings (SSSR count). The van der Waals surface area contributed by atoms with Crippen molar-refractivity contribution in [2.75, 3.05) is 26.2 Å². The van der Waals surface area contributed by atoms with Gasteiger partial charge in [0.25, 0.3) is 11.8 Å². The molecule has 1 aromatic heterocycles. The molecule has 3 aromatic carbocycles. The minimum absolute atomic E-state index is 0.0186. The van der Waals surface area contributed by atoms with Gasteiger partial charge in [0.15, 0.2) is 0 Å². The van der Waals surface area contributed by atoms with E-state index in [9.17, 15) is 9.59 Å². The Balaban J connectivity index is 1.31.